The van der Waals surface area contributed by atoms with Gasteiger partial charge in [0.15, 0.2) is 11.5 Å². The summed E-state index contributed by atoms with van der Waals surface area (Å²) in [5.41, 5.74) is 1.63. The van der Waals surface area contributed by atoms with Crippen LogP contribution in [0.25, 0.3) is 0 Å². The maximum absolute atomic E-state index is 10.3. The van der Waals surface area contributed by atoms with Crippen molar-refractivity contribution in [2.75, 3.05) is 7.11 Å². The first-order valence-electron chi connectivity index (χ1n) is 6.49. The lowest BCUT2D eigenvalue weighted by Crippen LogP contribution is -2.30. The number of phenolic OH excluding ortho intramolecular Hbond substituents is 1. The molecule has 2 atom stereocenters. The third kappa shape index (κ3) is 2.08. The maximum Gasteiger partial charge on any atom is 0.167 e. The lowest BCUT2D eigenvalue weighted by molar-refractivity contribution is 0.0198. The summed E-state index contributed by atoms with van der Waals surface area (Å²) in [4.78, 5) is 0. The van der Waals surface area contributed by atoms with Crippen LogP contribution in [-0.2, 0) is 6.42 Å². The predicted molar refractivity (Wildman–Crippen MR) is 74.2 cm³/mol. The SMILES string of the molecule is COc1c(O)ccc2c1CC(O)C(c1ccccc1)O2. The molecule has 2 N–H and O–H groups in total. The summed E-state index contributed by atoms with van der Waals surface area (Å²) in [7, 11) is 1.49. The molecule has 104 valence electrons. The fraction of sp³-hybridized carbons (Fsp3) is 0.250. The van der Waals surface area contributed by atoms with Gasteiger partial charge in [-0.3, -0.25) is 0 Å². The quantitative estimate of drug-likeness (QED) is 0.881. The van der Waals surface area contributed by atoms with E-state index in [9.17, 15) is 10.2 Å². The summed E-state index contributed by atoms with van der Waals surface area (Å²) in [5.74, 6) is 1.06. The van der Waals surface area contributed by atoms with Crippen LogP contribution in [0.15, 0.2) is 42.5 Å². The average molecular weight is 272 g/mol. The van der Waals surface area contributed by atoms with Crippen LogP contribution in [0.2, 0.25) is 0 Å². The van der Waals surface area contributed by atoms with Gasteiger partial charge in [0.25, 0.3) is 0 Å². The van der Waals surface area contributed by atoms with E-state index < -0.39 is 12.2 Å². The summed E-state index contributed by atoms with van der Waals surface area (Å²) >= 11 is 0. The fourth-order valence-corrected chi connectivity index (χ4v) is 2.59. The minimum Gasteiger partial charge on any atom is -0.504 e. The van der Waals surface area contributed by atoms with E-state index in [0.29, 0.717) is 23.5 Å². The zero-order valence-corrected chi connectivity index (χ0v) is 11.1. The first kappa shape index (κ1) is 12.8. The van der Waals surface area contributed by atoms with Crippen molar-refractivity contribution in [2.45, 2.75) is 18.6 Å². The van der Waals surface area contributed by atoms with Gasteiger partial charge >= 0.3 is 0 Å². The molecule has 2 aromatic carbocycles. The van der Waals surface area contributed by atoms with Crippen LogP contribution in [-0.4, -0.2) is 23.4 Å². The van der Waals surface area contributed by atoms with Crippen molar-refractivity contribution in [2.24, 2.45) is 0 Å². The largest absolute Gasteiger partial charge is 0.504 e. The van der Waals surface area contributed by atoms with Gasteiger partial charge in [0.1, 0.15) is 11.9 Å². The normalized spacial score (nSPS) is 20.9. The van der Waals surface area contributed by atoms with Gasteiger partial charge < -0.3 is 19.7 Å². The van der Waals surface area contributed by atoms with Crippen molar-refractivity contribution in [3.63, 3.8) is 0 Å². The molecule has 0 amide bonds. The monoisotopic (exact) mass is 272 g/mol. The number of aliphatic hydroxyl groups excluding tert-OH is 1. The highest BCUT2D eigenvalue weighted by Crippen LogP contribution is 2.43. The number of benzene rings is 2. The highest BCUT2D eigenvalue weighted by molar-refractivity contribution is 5.54. The number of hydrogen-bond donors (Lipinski definition) is 2. The number of aliphatic hydroxyl groups is 1. The van der Waals surface area contributed by atoms with E-state index in [2.05, 4.69) is 0 Å². The van der Waals surface area contributed by atoms with Gasteiger partial charge in [-0.25, -0.2) is 0 Å². The van der Waals surface area contributed by atoms with Crippen LogP contribution in [0.1, 0.15) is 17.2 Å². The Morgan fingerprint density at radius 2 is 1.90 bits per heavy atom. The Morgan fingerprint density at radius 3 is 2.60 bits per heavy atom. The van der Waals surface area contributed by atoms with Crippen molar-refractivity contribution < 1.29 is 19.7 Å². The van der Waals surface area contributed by atoms with E-state index >= 15 is 0 Å². The molecule has 1 heterocycles. The summed E-state index contributed by atoms with van der Waals surface area (Å²) in [5, 5.41) is 20.1. The van der Waals surface area contributed by atoms with Crippen LogP contribution in [0.4, 0.5) is 0 Å². The lowest BCUT2D eigenvalue weighted by Gasteiger charge is -2.31. The van der Waals surface area contributed by atoms with Gasteiger partial charge in [-0.2, -0.15) is 0 Å². The molecule has 2 unspecified atom stereocenters. The Morgan fingerprint density at radius 1 is 1.15 bits per heavy atom. The molecule has 0 spiro atoms. The third-order valence-corrected chi connectivity index (χ3v) is 3.55. The second-order valence-electron chi connectivity index (χ2n) is 4.82. The summed E-state index contributed by atoms with van der Waals surface area (Å²) in [6.45, 7) is 0. The molecule has 0 radical (unpaired) electrons. The molecule has 4 heteroatoms. The van der Waals surface area contributed by atoms with Gasteiger partial charge in [0.2, 0.25) is 0 Å². The van der Waals surface area contributed by atoms with Crippen molar-refractivity contribution in [1.29, 1.82) is 0 Å². The van der Waals surface area contributed by atoms with E-state index in [1.807, 2.05) is 30.3 Å². The number of fused-ring (bicyclic) bond motifs is 1. The summed E-state index contributed by atoms with van der Waals surface area (Å²) < 4.78 is 11.1. The Kier molecular flexibility index (Phi) is 3.24. The summed E-state index contributed by atoms with van der Waals surface area (Å²) in [6.07, 6.45) is -0.703. The van der Waals surface area contributed by atoms with Crippen molar-refractivity contribution in [3.05, 3.63) is 53.6 Å². The van der Waals surface area contributed by atoms with Gasteiger partial charge in [-0.1, -0.05) is 30.3 Å². The molecule has 1 aliphatic rings. The van der Waals surface area contributed by atoms with Crippen LogP contribution in [0.3, 0.4) is 0 Å². The van der Waals surface area contributed by atoms with Gasteiger partial charge in [-0.15, -0.1) is 0 Å². The Bertz CT molecular complexity index is 609. The maximum atomic E-state index is 10.3. The Hall–Kier alpha value is -2.20. The third-order valence-electron chi connectivity index (χ3n) is 3.55. The molecule has 0 saturated carbocycles. The number of hydrogen-bond acceptors (Lipinski definition) is 4. The topological polar surface area (TPSA) is 58.9 Å². The van der Waals surface area contributed by atoms with E-state index in [4.69, 9.17) is 9.47 Å². The van der Waals surface area contributed by atoms with Gasteiger partial charge in [0.05, 0.1) is 13.2 Å². The van der Waals surface area contributed by atoms with Crippen LogP contribution < -0.4 is 9.47 Å². The molecule has 3 rings (SSSR count). The number of methoxy groups -OCH3 is 1. The fourth-order valence-electron chi connectivity index (χ4n) is 2.59. The highest BCUT2D eigenvalue weighted by Gasteiger charge is 2.32. The zero-order chi connectivity index (χ0) is 14.1. The van der Waals surface area contributed by atoms with E-state index in [1.165, 1.54) is 13.2 Å². The molecule has 20 heavy (non-hydrogen) atoms. The number of phenols is 1. The molecule has 0 bridgehead atoms. The van der Waals surface area contributed by atoms with Crippen LogP contribution >= 0.6 is 0 Å². The van der Waals surface area contributed by atoms with Crippen LogP contribution in [0, 0.1) is 0 Å². The molecule has 2 aromatic rings. The lowest BCUT2D eigenvalue weighted by atomic mass is 9.94. The molecular formula is C16H16O4. The first-order chi connectivity index (χ1) is 9.70. The molecule has 1 aliphatic heterocycles. The molecular weight excluding hydrogens is 256 g/mol. The second kappa shape index (κ2) is 5.06. The smallest absolute Gasteiger partial charge is 0.167 e. The van der Waals surface area contributed by atoms with Crippen LogP contribution in [0.5, 0.6) is 17.2 Å². The summed E-state index contributed by atoms with van der Waals surface area (Å²) in [6, 6.07) is 12.9. The molecule has 0 aromatic heterocycles. The number of aromatic hydroxyl groups is 1. The van der Waals surface area contributed by atoms with Crippen molar-refractivity contribution >= 4 is 0 Å². The number of rotatable bonds is 2. The number of ether oxygens (including phenoxy) is 2. The standard InChI is InChI=1S/C16H16O4/c1-19-16-11-9-13(18)15(10-5-3-2-4-6-10)20-14(11)8-7-12(16)17/h2-8,13,15,17-18H,9H2,1H3. The second-order valence-corrected chi connectivity index (χ2v) is 4.82. The first-order valence-corrected chi connectivity index (χ1v) is 6.49. The minimum absolute atomic E-state index is 0.0558. The predicted octanol–water partition coefficient (Wildman–Crippen LogP) is 2.44. The highest BCUT2D eigenvalue weighted by atomic mass is 16.5. The Balaban J connectivity index is 2.00. The molecule has 0 saturated heterocycles. The van der Waals surface area contributed by atoms with E-state index in [0.717, 1.165) is 5.56 Å². The Labute approximate surface area is 117 Å². The average Bonchev–Trinajstić information content (AvgIpc) is 2.47. The zero-order valence-electron chi connectivity index (χ0n) is 11.1. The molecule has 0 fully saturated rings. The minimum atomic E-state index is -0.680. The molecule has 4 nitrogen and oxygen atoms in total. The van der Waals surface area contributed by atoms with Crippen molar-refractivity contribution in [1.82, 2.24) is 0 Å². The van der Waals surface area contributed by atoms with Crippen molar-refractivity contribution in [3.8, 4) is 17.2 Å². The van der Waals surface area contributed by atoms with Gasteiger partial charge in [0, 0.05) is 12.0 Å². The molecule has 0 aliphatic carbocycles. The van der Waals surface area contributed by atoms with Gasteiger partial charge in [-0.05, 0) is 17.7 Å². The van der Waals surface area contributed by atoms with E-state index in [-0.39, 0.29) is 5.75 Å². The van der Waals surface area contributed by atoms with E-state index in [1.54, 1.807) is 6.07 Å².